The lowest BCUT2D eigenvalue weighted by Gasteiger charge is -2.16. The van der Waals surface area contributed by atoms with Crippen LogP contribution in [0.4, 0.5) is 11.4 Å². The summed E-state index contributed by atoms with van der Waals surface area (Å²) in [7, 11) is 3.43. The second-order valence-electron chi connectivity index (χ2n) is 7.49. The minimum atomic E-state index is -0.413. The maximum Gasteiger partial charge on any atom is 0.278 e. The van der Waals surface area contributed by atoms with E-state index in [2.05, 4.69) is 32.9 Å². The minimum absolute atomic E-state index is 0.229. The van der Waals surface area contributed by atoms with Crippen molar-refractivity contribution in [2.45, 2.75) is 33.1 Å². The van der Waals surface area contributed by atoms with Crippen molar-refractivity contribution in [2.75, 3.05) is 10.6 Å². The summed E-state index contributed by atoms with van der Waals surface area (Å²) in [6.45, 7) is 3.99. The first-order valence-corrected chi connectivity index (χ1v) is 9.45. The van der Waals surface area contributed by atoms with Gasteiger partial charge in [0.15, 0.2) is 5.69 Å². The molecular formula is C19H23N7O3. The first kappa shape index (κ1) is 18.9. The summed E-state index contributed by atoms with van der Waals surface area (Å²) in [4.78, 5) is 25.7. The van der Waals surface area contributed by atoms with Gasteiger partial charge in [-0.1, -0.05) is 12.1 Å². The van der Waals surface area contributed by atoms with Crippen LogP contribution in [0.15, 0.2) is 16.9 Å². The SMILES string of the molecule is Cc1c(NC(=O)c2c(NC(=O)c3noc4c3CC(C)CC4)cnn2C)cnn1C. The number of carbonyl (C=O) groups excluding carboxylic acids is 2. The monoisotopic (exact) mass is 397 g/mol. The van der Waals surface area contributed by atoms with Gasteiger partial charge in [-0.2, -0.15) is 10.2 Å². The zero-order valence-corrected chi connectivity index (χ0v) is 16.8. The molecule has 0 spiro atoms. The van der Waals surface area contributed by atoms with Gasteiger partial charge >= 0.3 is 0 Å². The van der Waals surface area contributed by atoms with Crippen LogP contribution in [-0.2, 0) is 26.9 Å². The molecule has 152 valence electrons. The fraction of sp³-hybridized carbons (Fsp3) is 0.421. The lowest BCUT2D eigenvalue weighted by Crippen LogP contribution is -2.22. The summed E-state index contributed by atoms with van der Waals surface area (Å²) in [5.74, 6) is 0.427. The van der Waals surface area contributed by atoms with Crippen LogP contribution in [0.1, 0.15) is 51.3 Å². The molecule has 3 aromatic heterocycles. The molecule has 4 rings (SSSR count). The van der Waals surface area contributed by atoms with E-state index >= 15 is 0 Å². The molecule has 0 aliphatic heterocycles. The minimum Gasteiger partial charge on any atom is -0.360 e. The molecular weight excluding hydrogens is 374 g/mol. The quantitative estimate of drug-likeness (QED) is 0.695. The highest BCUT2D eigenvalue weighted by Crippen LogP contribution is 2.28. The predicted octanol–water partition coefficient (Wildman–Crippen LogP) is 2.08. The van der Waals surface area contributed by atoms with Crippen molar-refractivity contribution in [1.82, 2.24) is 24.7 Å². The number of carbonyl (C=O) groups is 2. The van der Waals surface area contributed by atoms with Gasteiger partial charge < -0.3 is 15.2 Å². The normalized spacial score (nSPS) is 15.8. The Bertz CT molecular complexity index is 1090. The highest BCUT2D eigenvalue weighted by Gasteiger charge is 2.28. The number of nitrogens with zero attached hydrogens (tertiary/aromatic N) is 5. The molecule has 3 aromatic rings. The summed E-state index contributed by atoms with van der Waals surface area (Å²) >= 11 is 0. The molecule has 3 heterocycles. The maximum atomic E-state index is 12.8. The Labute approximate surface area is 167 Å². The largest absolute Gasteiger partial charge is 0.360 e. The van der Waals surface area contributed by atoms with E-state index in [1.165, 1.54) is 10.9 Å². The fourth-order valence-corrected chi connectivity index (χ4v) is 3.54. The van der Waals surface area contributed by atoms with Crippen LogP contribution in [0.3, 0.4) is 0 Å². The van der Waals surface area contributed by atoms with E-state index in [9.17, 15) is 9.59 Å². The first-order valence-electron chi connectivity index (χ1n) is 9.45. The lowest BCUT2D eigenvalue weighted by molar-refractivity contribution is 0.101. The Morgan fingerprint density at radius 3 is 2.52 bits per heavy atom. The number of rotatable bonds is 4. The summed E-state index contributed by atoms with van der Waals surface area (Å²) in [5.41, 5.74) is 3.06. The Balaban J connectivity index is 1.56. The van der Waals surface area contributed by atoms with Gasteiger partial charge in [-0.25, -0.2) is 0 Å². The van der Waals surface area contributed by atoms with Gasteiger partial charge in [0, 0.05) is 26.1 Å². The van der Waals surface area contributed by atoms with Crippen molar-refractivity contribution in [3.63, 3.8) is 0 Å². The number of amides is 2. The highest BCUT2D eigenvalue weighted by molar-refractivity contribution is 6.11. The third-order valence-electron chi connectivity index (χ3n) is 5.39. The zero-order valence-electron chi connectivity index (χ0n) is 16.8. The fourth-order valence-electron chi connectivity index (χ4n) is 3.54. The summed E-state index contributed by atoms with van der Waals surface area (Å²) < 4.78 is 8.43. The van der Waals surface area contributed by atoms with E-state index in [0.29, 0.717) is 17.3 Å². The zero-order chi connectivity index (χ0) is 20.7. The molecule has 0 bridgehead atoms. The van der Waals surface area contributed by atoms with Crippen LogP contribution >= 0.6 is 0 Å². The van der Waals surface area contributed by atoms with Crippen LogP contribution in [0.2, 0.25) is 0 Å². The molecule has 2 N–H and O–H groups in total. The third-order valence-corrected chi connectivity index (χ3v) is 5.39. The van der Waals surface area contributed by atoms with Crippen LogP contribution in [0.5, 0.6) is 0 Å². The van der Waals surface area contributed by atoms with Crippen LogP contribution < -0.4 is 10.6 Å². The Hall–Kier alpha value is -3.43. The molecule has 10 heteroatoms. The van der Waals surface area contributed by atoms with Crippen molar-refractivity contribution in [3.05, 3.63) is 40.8 Å². The van der Waals surface area contributed by atoms with E-state index in [1.54, 1.807) is 25.0 Å². The Morgan fingerprint density at radius 2 is 1.79 bits per heavy atom. The van der Waals surface area contributed by atoms with E-state index in [0.717, 1.165) is 36.3 Å². The van der Waals surface area contributed by atoms with E-state index in [1.807, 2.05) is 6.92 Å². The van der Waals surface area contributed by atoms with Gasteiger partial charge in [-0.15, -0.1) is 0 Å². The van der Waals surface area contributed by atoms with Gasteiger partial charge in [0.05, 0.1) is 29.5 Å². The summed E-state index contributed by atoms with van der Waals surface area (Å²) in [6, 6.07) is 0. The summed E-state index contributed by atoms with van der Waals surface area (Å²) in [6.07, 6.45) is 5.57. The molecule has 1 aliphatic carbocycles. The predicted molar refractivity (Wildman–Crippen MR) is 105 cm³/mol. The number of nitrogens with one attached hydrogen (secondary N) is 2. The number of hydrogen-bond donors (Lipinski definition) is 2. The standard InChI is InChI=1S/C19H23N7O3/c1-10-5-6-15-12(7-10)16(24-29-15)18(27)23-14-9-21-26(4)17(14)19(28)22-13-8-20-25(3)11(13)2/h8-10H,5-7H2,1-4H3,(H,22,28)(H,23,27). The number of hydrogen-bond acceptors (Lipinski definition) is 6. The Morgan fingerprint density at radius 1 is 1.10 bits per heavy atom. The highest BCUT2D eigenvalue weighted by atomic mass is 16.5. The van der Waals surface area contributed by atoms with Crippen molar-refractivity contribution in [3.8, 4) is 0 Å². The topological polar surface area (TPSA) is 120 Å². The van der Waals surface area contributed by atoms with Crippen molar-refractivity contribution in [2.24, 2.45) is 20.0 Å². The van der Waals surface area contributed by atoms with Crippen LogP contribution in [-0.4, -0.2) is 36.5 Å². The summed E-state index contributed by atoms with van der Waals surface area (Å²) in [5, 5.41) is 17.8. The van der Waals surface area contributed by atoms with Crippen LogP contribution in [0, 0.1) is 12.8 Å². The number of aromatic nitrogens is 5. The maximum absolute atomic E-state index is 12.8. The average Bonchev–Trinajstić information content (AvgIpc) is 3.35. The Kier molecular flexibility index (Phi) is 4.69. The molecule has 0 saturated carbocycles. The van der Waals surface area contributed by atoms with E-state index in [-0.39, 0.29) is 11.4 Å². The average molecular weight is 397 g/mol. The first-order chi connectivity index (χ1) is 13.8. The smallest absolute Gasteiger partial charge is 0.278 e. The molecule has 0 radical (unpaired) electrons. The number of anilines is 2. The molecule has 0 fully saturated rings. The van der Waals surface area contributed by atoms with Gasteiger partial charge in [-0.05, 0) is 25.7 Å². The lowest BCUT2D eigenvalue weighted by atomic mass is 9.88. The van der Waals surface area contributed by atoms with Crippen molar-refractivity contribution >= 4 is 23.2 Å². The van der Waals surface area contributed by atoms with Crippen molar-refractivity contribution in [1.29, 1.82) is 0 Å². The van der Waals surface area contributed by atoms with E-state index in [4.69, 9.17) is 4.52 Å². The van der Waals surface area contributed by atoms with E-state index < -0.39 is 11.8 Å². The number of aryl methyl sites for hydroxylation is 3. The number of fused-ring (bicyclic) bond motifs is 1. The molecule has 0 aromatic carbocycles. The molecule has 1 aliphatic rings. The van der Waals surface area contributed by atoms with Crippen molar-refractivity contribution < 1.29 is 14.1 Å². The van der Waals surface area contributed by atoms with Crippen LogP contribution in [0.25, 0.3) is 0 Å². The second-order valence-corrected chi connectivity index (χ2v) is 7.49. The molecule has 1 unspecified atom stereocenters. The second kappa shape index (κ2) is 7.19. The van der Waals surface area contributed by atoms with Gasteiger partial charge in [-0.3, -0.25) is 19.0 Å². The molecule has 10 nitrogen and oxygen atoms in total. The molecule has 0 saturated heterocycles. The van der Waals surface area contributed by atoms with Gasteiger partial charge in [0.1, 0.15) is 11.5 Å². The molecule has 1 atom stereocenters. The molecule has 29 heavy (non-hydrogen) atoms. The third kappa shape index (κ3) is 3.41. The van der Waals surface area contributed by atoms with Gasteiger partial charge in [0.2, 0.25) is 0 Å². The molecule has 2 amide bonds. The van der Waals surface area contributed by atoms with Gasteiger partial charge in [0.25, 0.3) is 11.8 Å².